The maximum atomic E-state index is 4.47. The van der Waals surface area contributed by atoms with Crippen molar-refractivity contribution in [3.63, 3.8) is 0 Å². The molecule has 0 radical (unpaired) electrons. The van der Waals surface area contributed by atoms with Gasteiger partial charge in [0.1, 0.15) is 11.6 Å². The second-order valence-electron chi connectivity index (χ2n) is 4.24. The molecule has 0 aliphatic heterocycles. The van der Waals surface area contributed by atoms with Crippen LogP contribution in [0.1, 0.15) is 12.5 Å². The Morgan fingerprint density at radius 3 is 2.60 bits per heavy atom. The number of aromatic nitrogens is 2. The van der Waals surface area contributed by atoms with Gasteiger partial charge in [-0.15, -0.1) is 0 Å². The van der Waals surface area contributed by atoms with Gasteiger partial charge in [-0.25, -0.2) is 9.97 Å². The van der Waals surface area contributed by atoms with E-state index in [1.165, 1.54) is 17.3 Å². The summed E-state index contributed by atoms with van der Waals surface area (Å²) in [5, 5.41) is 7.29. The van der Waals surface area contributed by atoms with Crippen LogP contribution in [-0.2, 0) is 0 Å². The molecule has 0 fully saturated rings. The molecule has 2 rings (SSSR count). The summed E-state index contributed by atoms with van der Waals surface area (Å²) in [6.45, 7) is 4.94. The number of rotatable bonds is 5. The Hall–Kier alpha value is -1.27. The second-order valence-corrected chi connectivity index (χ2v) is 5.87. The Morgan fingerprint density at radius 2 is 1.95 bits per heavy atom. The number of thioether (sulfide) groups is 1. The molecule has 106 valence electrons. The van der Waals surface area contributed by atoms with Crippen molar-refractivity contribution in [2.75, 3.05) is 23.4 Å². The molecular weight excluding hydrogens is 336 g/mol. The van der Waals surface area contributed by atoms with E-state index in [-0.39, 0.29) is 0 Å². The Bertz CT molecular complexity index is 604. The average Bonchev–Trinajstić information content (AvgIpc) is 2.43. The van der Waals surface area contributed by atoms with Crippen LogP contribution in [0.3, 0.4) is 0 Å². The fourth-order valence-electron chi connectivity index (χ4n) is 1.72. The van der Waals surface area contributed by atoms with Crippen molar-refractivity contribution in [3.8, 4) is 0 Å². The summed E-state index contributed by atoms with van der Waals surface area (Å²) in [5.41, 5.74) is 2.19. The lowest BCUT2D eigenvalue weighted by Crippen LogP contribution is -2.03. The molecule has 0 saturated carbocycles. The number of anilines is 3. The van der Waals surface area contributed by atoms with Gasteiger partial charge in [-0.05, 0) is 43.9 Å². The molecule has 4 nitrogen and oxygen atoms in total. The van der Waals surface area contributed by atoms with Crippen molar-refractivity contribution in [1.29, 1.82) is 0 Å². The molecule has 1 aromatic heterocycles. The molecule has 2 aromatic rings. The van der Waals surface area contributed by atoms with E-state index >= 15 is 0 Å². The molecule has 0 atom stereocenters. The van der Waals surface area contributed by atoms with Crippen molar-refractivity contribution in [1.82, 2.24) is 9.97 Å². The van der Waals surface area contributed by atoms with Gasteiger partial charge in [-0.1, -0.05) is 27.7 Å². The minimum Gasteiger partial charge on any atom is -0.370 e. The largest absolute Gasteiger partial charge is 0.370 e. The lowest BCUT2D eigenvalue weighted by molar-refractivity contribution is 0.967. The van der Waals surface area contributed by atoms with E-state index in [0.717, 1.165) is 33.5 Å². The van der Waals surface area contributed by atoms with Gasteiger partial charge in [0.05, 0.1) is 0 Å². The molecule has 0 spiro atoms. The maximum absolute atomic E-state index is 4.47. The van der Waals surface area contributed by atoms with Gasteiger partial charge in [-0.2, -0.15) is 0 Å². The Labute approximate surface area is 131 Å². The Kier molecular flexibility index (Phi) is 5.25. The lowest BCUT2D eigenvalue weighted by atomic mass is 10.2. The molecule has 0 amide bonds. The van der Waals surface area contributed by atoms with E-state index in [4.69, 9.17) is 0 Å². The third-order valence-electron chi connectivity index (χ3n) is 2.68. The number of nitrogens with zero attached hydrogens (tertiary/aromatic N) is 2. The number of halogens is 1. The Morgan fingerprint density at radius 1 is 1.20 bits per heavy atom. The highest BCUT2D eigenvalue weighted by atomic mass is 79.9. The summed E-state index contributed by atoms with van der Waals surface area (Å²) in [6.07, 6.45) is 1.97. The standard InChI is InChI=1S/C14H17BrN4S/c1-4-16-12-8-13(19-14(18-12)20-3)17-10-5-6-11(15)9(2)7-10/h5-8H,4H2,1-3H3,(H2,16,17,18,19). The van der Waals surface area contributed by atoms with Crippen LogP contribution >= 0.6 is 27.7 Å². The highest BCUT2D eigenvalue weighted by Crippen LogP contribution is 2.24. The van der Waals surface area contributed by atoms with Crippen LogP contribution < -0.4 is 10.6 Å². The first-order valence-corrected chi connectivity index (χ1v) is 8.34. The van der Waals surface area contributed by atoms with Crippen molar-refractivity contribution < 1.29 is 0 Å². The molecular formula is C14H17BrN4S. The van der Waals surface area contributed by atoms with Crippen molar-refractivity contribution in [2.45, 2.75) is 19.0 Å². The molecule has 0 saturated heterocycles. The minimum absolute atomic E-state index is 0.750. The lowest BCUT2D eigenvalue weighted by Gasteiger charge is -2.10. The van der Waals surface area contributed by atoms with Crippen molar-refractivity contribution in [3.05, 3.63) is 34.3 Å². The van der Waals surface area contributed by atoms with Crippen LogP contribution in [0.2, 0.25) is 0 Å². The number of benzene rings is 1. The van der Waals surface area contributed by atoms with E-state index < -0.39 is 0 Å². The number of nitrogens with one attached hydrogen (secondary N) is 2. The highest BCUT2D eigenvalue weighted by Gasteiger charge is 2.05. The van der Waals surface area contributed by atoms with E-state index in [0.29, 0.717) is 0 Å². The van der Waals surface area contributed by atoms with Crippen LogP contribution in [-0.4, -0.2) is 22.8 Å². The van der Waals surface area contributed by atoms with Gasteiger partial charge in [0, 0.05) is 22.8 Å². The van der Waals surface area contributed by atoms with E-state index in [1.54, 1.807) is 0 Å². The van der Waals surface area contributed by atoms with Crippen LogP contribution in [0.25, 0.3) is 0 Å². The van der Waals surface area contributed by atoms with E-state index in [2.05, 4.69) is 49.5 Å². The van der Waals surface area contributed by atoms with Crippen LogP contribution in [0.4, 0.5) is 17.3 Å². The highest BCUT2D eigenvalue weighted by molar-refractivity contribution is 9.10. The molecule has 0 aliphatic carbocycles. The number of hydrogen-bond acceptors (Lipinski definition) is 5. The number of aryl methyl sites for hydroxylation is 1. The zero-order valence-electron chi connectivity index (χ0n) is 11.7. The summed E-state index contributed by atoms with van der Waals surface area (Å²) in [7, 11) is 0. The third kappa shape index (κ3) is 3.86. The van der Waals surface area contributed by atoms with Crippen LogP contribution in [0.5, 0.6) is 0 Å². The molecule has 0 bridgehead atoms. The normalized spacial score (nSPS) is 10.4. The first kappa shape index (κ1) is 15.1. The van der Waals surface area contributed by atoms with Gasteiger partial charge in [0.25, 0.3) is 0 Å². The quantitative estimate of drug-likeness (QED) is 0.615. The fraction of sp³-hybridized carbons (Fsp3) is 0.286. The average molecular weight is 353 g/mol. The zero-order valence-corrected chi connectivity index (χ0v) is 14.1. The van der Waals surface area contributed by atoms with Gasteiger partial charge in [0.2, 0.25) is 0 Å². The number of hydrogen-bond donors (Lipinski definition) is 2. The predicted octanol–water partition coefficient (Wildman–Crippen LogP) is 4.44. The van der Waals surface area contributed by atoms with Crippen LogP contribution in [0, 0.1) is 6.92 Å². The van der Waals surface area contributed by atoms with E-state index in [1.807, 2.05) is 31.4 Å². The van der Waals surface area contributed by atoms with Crippen LogP contribution in [0.15, 0.2) is 33.9 Å². The maximum Gasteiger partial charge on any atom is 0.191 e. The summed E-state index contributed by atoms with van der Waals surface area (Å²) >= 11 is 5.03. The minimum atomic E-state index is 0.750. The molecule has 0 unspecified atom stereocenters. The van der Waals surface area contributed by atoms with Gasteiger partial charge >= 0.3 is 0 Å². The summed E-state index contributed by atoms with van der Waals surface area (Å²) in [5.74, 6) is 1.63. The van der Waals surface area contributed by atoms with Crippen molar-refractivity contribution >= 4 is 45.0 Å². The molecule has 2 N–H and O–H groups in total. The second kappa shape index (κ2) is 6.95. The van der Waals surface area contributed by atoms with E-state index in [9.17, 15) is 0 Å². The first-order chi connectivity index (χ1) is 9.62. The van der Waals surface area contributed by atoms with Gasteiger partial charge in [-0.3, -0.25) is 0 Å². The molecule has 1 heterocycles. The molecule has 20 heavy (non-hydrogen) atoms. The zero-order chi connectivity index (χ0) is 14.5. The molecule has 0 aliphatic rings. The topological polar surface area (TPSA) is 49.8 Å². The van der Waals surface area contributed by atoms with Crippen molar-refractivity contribution in [2.24, 2.45) is 0 Å². The first-order valence-electron chi connectivity index (χ1n) is 6.32. The summed E-state index contributed by atoms with van der Waals surface area (Å²) in [4.78, 5) is 8.88. The fourth-order valence-corrected chi connectivity index (χ4v) is 2.35. The molecule has 6 heteroatoms. The summed E-state index contributed by atoms with van der Waals surface area (Å²) < 4.78 is 1.10. The smallest absolute Gasteiger partial charge is 0.191 e. The summed E-state index contributed by atoms with van der Waals surface area (Å²) in [6, 6.07) is 8.04. The monoisotopic (exact) mass is 352 g/mol. The SMILES string of the molecule is CCNc1cc(Nc2ccc(Br)c(C)c2)nc(SC)n1. The molecule has 1 aromatic carbocycles. The predicted molar refractivity (Wildman–Crippen MR) is 90.1 cm³/mol. The Balaban J connectivity index is 2.27. The van der Waals surface area contributed by atoms with Gasteiger partial charge < -0.3 is 10.6 Å². The third-order valence-corrected chi connectivity index (χ3v) is 4.11. The van der Waals surface area contributed by atoms with Gasteiger partial charge in [0.15, 0.2) is 5.16 Å².